The molecule has 1 aromatic rings. The molecule has 0 bridgehead atoms. The third-order valence-corrected chi connectivity index (χ3v) is 4.60. The fourth-order valence-corrected chi connectivity index (χ4v) is 3.61. The number of fused-ring (bicyclic) bond motifs is 1. The topological polar surface area (TPSA) is 16.1 Å². The molecule has 2 aliphatic rings. The van der Waals surface area contributed by atoms with Crippen LogP contribution in [0.1, 0.15) is 30.5 Å². The predicted molar refractivity (Wildman–Crippen MR) is 71.6 cm³/mol. The maximum Gasteiger partial charge on any atom is 0.0509 e. The summed E-state index contributed by atoms with van der Waals surface area (Å²) in [6, 6.07) is 2.19. The molecule has 3 heteroatoms. The SMILES string of the molecule is Cc1cc(N2CC3CCCC3C2)c(CCl)cn1. The summed E-state index contributed by atoms with van der Waals surface area (Å²) in [7, 11) is 0. The number of aromatic nitrogens is 1. The standard InChI is InChI=1S/C14H19ClN2/c1-10-5-14(13(6-15)7-16-10)17-8-11-3-2-4-12(11)9-17/h5,7,11-12H,2-4,6,8-9H2,1H3. The van der Waals surface area contributed by atoms with Crippen molar-refractivity contribution in [1.82, 2.24) is 4.98 Å². The second-order valence-electron chi connectivity index (χ2n) is 5.44. The van der Waals surface area contributed by atoms with Crippen LogP contribution in [0.3, 0.4) is 0 Å². The Morgan fingerprint density at radius 1 is 1.35 bits per heavy atom. The molecule has 1 aromatic heterocycles. The van der Waals surface area contributed by atoms with Crippen molar-refractivity contribution in [3.8, 4) is 0 Å². The van der Waals surface area contributed by atoms with Gasteiger partial charge in [0.05, 0.1) is 5.88 Å². The van der Waals surface area contributed by atoms with E-state index in [1.165, 1.54) is 43.6 Å². The molecule has 2 fully saturated rings. The molecule has 1 saturated carbocycles. The molecule has 2 unspecified atom stereocenters. The van der Waals surface area contributed by atoms with Crippen LogP contribution in [0.15, 0.2) is 12.3 Å². The zero-order valence-corrected chi connectivity index (χ0v) is 11.1. The van der Waals surface area contributed by atoms with Gasteiger partial charge < -0.3 is 4.90 Å². The highest BCUT2D eigenvalue weighted by atomic mass is 35.5. The van der Waals surface area contributed by atoms with Gasteiger partial charge in [-0.25, -0.2) is 0 Å². The summed E-state index contributed by atoms with van der Waals surface area (Å²) in [5.41, 5.74) is 3.59. The lowest BCUT2D eigenvalue weighted by atomic mass is 10.0. The lowest BCUT2D eigenvalue weighted by Crippen LogP contribution is -2.22. The fourth-order valence-electron chi connectivity index (χ4n) is 3.40. The van der Waals surface area contributed by atoms with E-state index >= 15 is 0 Å². The lowest BCUT2D eigenvalue weighted by molar-refractivity contribution is 0.494. The zero-order valence-electron chi connectivity index (χ0n) is 10.3. The van der Waals surface area contributed by atoms with Gasteiger partial charge in [0, 0.05) is 36.2 Å². The monoisotopic (exact) mass is 250 g/mol. The zero-order chi connectivity index (χ0) is 11.8. The summed E-state index contributed by atoms with van der Waals surface area (Å²) in [4.78, 5) is 6.87. The van der Waals surface area contributed by atoms with Gasteiger partial charge in [0.2, 0.25) is 0 Å². The van der Waals surface area contributed by atoms with Crippen LogP contribution in [0.5, 0.6) is 0 Å². The Labute approximate surface area is 108 Å². The quantitative estimate of drug-likeness (QED) is 0.749. The van der Waals surface area contributed by atoms with Crippen molar-refractivity contribution < 1.29 is 0 Å². The average Bonchev–Trinajstić information content (AvgIpc) is 2.88. The first kappa shape index (κ1) is 11.3. The van der Waals surface area contributed by atoms with E-state index in [4.69, 9.17) is 11.6 Å². The average molecular weight is 251 g/mol. The number of anilines is 1. The molecular formula is C14H19ClN2. The maximum absolute atomic E-state index is 6.02. The van der Waals surface area contributed by atoms with Crippen LogP contribution >= 0.6 is 11.6 Å². The first-order valence-corrected chi connectivity index (χ1v) is 7.08. The van der Waals surface area contributed by atoms with E-state index in [9.17, 15) is 0 Å². The van der Waals surface area contributed by atoms with E-state index in [1.54, 1.807) is 0 Å². The summed E-state index contributed by atoms with van der Waals surface area (Å²) in [5, 5.41) is 0. The van der Waals surface area contributed by atoms with Gasteiger partial charge in [0.25, 0.3) is 0 Å². The van der Waals surface area contributed by atoms with Crippen molar-refractivity contribution in [3.63, 3.8) is 0 Å². The Kier molecular flexibility index (Phi) is 2.99. The van der Waals surface area contributed by atoms with Gasteiger partial charge in [-0.15, -0.1) is 11.6 Å². The summed E-state index contributed by atoms with van der Waals surface area (Å²) < 4.78 is 0. The number of nitrogens with zero attached hydrogens (tertiary/aromatic N) is 2. The van der Waals surface area contributed by atoms with Crippen LogP contribution in [0, 0.1) is 18.8 Å². The number of rotatable bonds is 2. The molecule has 0 amide bonds. The first-order valence-electron chi connectivity index (χ1n) is 6.54. The largest absolute Gasteiger partial charge is 0.371 e. The van der Waals surface area contributed by atoms with Crippen LogP contribution in [-0.2, 0) is 5.88 Å². The second-order valence-corrected chi connectivity index (χ2v) is 5.71. The van der Waals surface area contributed by atoms with Gasteiger partial charge in [-0.2, -0.15) is 0 Å². The van der Waals surface area contributed by atoms with Gasteiger partial charge in [0.15, 0.2) is 0 Å². The molecule has 2 heterocycles. The molecule has 1 aliphatic heterocycles. The molecule has 0 spiro atoms. The number of alkyl halides is 1. The second kappa shape index (κ2) is 4.49. The Morgan fingerprint density at radius 3 is 2.71 bits per heavy atom. The first-order chi connectivity index (χ1) is 8.28. The molecule has 0 radical (unpaired) electrons. The molecule has 17 heavy (non-hydrogen) atoms. The summed E-state index contributed by atoms with van der Waals surface area (Å²) in [6.45, 7) is 4.49. The van der Waals surface area contributed by atoms with Crippen molar-refractivity contribution in [3.05, 3.63) is 23.5 Å². The van der Waals surface area contributed by atoms with E-state index in [0.29, 0.717) is 5.88 Å². The number of hydrogen-bond acceptors (Lipinski definition) is 2. The van der Waals surface area contributed by atoms with Crippen LogP contribution in [-0.4, -0.2) is 18.1 Å². The number of pyridine rings is 1. The molecule has 1 saturated heterocycles. The van der Waals surface area contributed by atoms with Gasteiger partial charge in [-0.3, -0.25) is 4.98 Å². The van der Waals surface area contributed by atoms with Crippen molar-refractivity contribution in [2.24, 2.45) is 11.8 Å². The molecule has 1 aliphatic carbocycles. The Hall–Kier alpha value is -0.760. The highest BCUT2D eigenvalue weighted by Gasteiger charge is 2.36. The van der Waals surface area contributed by atoms with E-state index in [-0.39, 0.29) is 0 Å². The molecule has 2 nitrogen and oxygen atoms in total. The minimum atomic E-state index is 0.564. The molecule has 0 aromatic carbocycles. The number of halogens is 1. The Bertz CT molecular complexity index is 407. The van der Waals surface area contributed by atoms with E-state index in [2.05, 4.69) is 22.9 Å². The minimum Gasteiger partial charge on any atom is -0.371 e. The highest BCUT2D eigenvalue weighted by molar-refractivity contribution is 6.17. The van der Waals surface area contributed by atoms with Crippen molar-refractivity contribution in [1.29, 1.82) is 0 Å². The van der Waals surface area contributed by atoms with Crippen molar-refractivity contribution >= 4 is 17.3 Å². The fraction of sp³-hybridized carbons (Fsp3) is 0.643. The Morgan fingerprint density at radius 2 is 2.06 bits per heavy atom. The van der Waals surface area contributed by atoms with Gasteiger partial charge in [-0.1, -0.05) is 6.42 Å². The normalized spacial score (nSPS) is 27.5. The summed E-state index contributed by atoms with van der Waals surface area (Å²) in [5.74, 6) is 2.41. The van der Waals surface area contributed by atoms with Crippen LogP contribution in [0.25, 0.3) is 0 Å². The number of aryl methyl sites for hydroxylation is 1. The third kappa shape index (κ3) is 2.03. The summed E-state index contributed by atoms with van der Waals surface area (Å²) in [6.07, 6.45) is 6.20. The lowest BCUT2D eigenvalue weighted by Gasteiger charge is -2.22. The van der Waals surface area contributed by atoms with Crippen LogP contribution in [0.2, 0.25) is 0 Å². The molecule has 92 valence electrons. The van der Waals surface area contributed by atoms with Crippen molar-refractivity contribution in [2.45, 2.75) is 32.1 Å². The third-order valence-electron chi connectivity index (χ3n) is 4.31. The minimum absolute atomic E-state index is 0.564. The van der Waals surface area contributed by atoms with E-state index in [1.807, 2.05) is 6.20 Å². The molecule has 2 atom stereocenters. The summed E-state index contributed by atoms with van der Waals surface area (Å²) >= 11 is 6.02. The van der Waals surface area contributed by atoms with Crippen LogP contribution in [0.4, 0.5) is 5.69 Å². The predicted octanol–water partition coefficient (Wildman–Crippen LogP) is 3.37. The van der Waals surface area contributed by atoms with E-state index < -0.39 is 0 Å². The van der Waals surface area contributed by atoms with Gasteiger partial charge in [0.1, 0.15) is 0 Å². The molecule has 3 rings (SSSR count). The van der Waals surface area contributed by atoms with Gasteiger partial charge >= 0.3 is 0 Å². The van der Waals surface area contributed by atoms with Crippen LogP contribution < -0.4 is 4.90 Å². The highest BCUT2D eigenvalue weighted by Crippen LogP contribution is 2.40. The number of hydrogen-bond donors (Lipinski definition) is 0. The molecule has 0 N–H and O–H groups in total. The Balaban J connectivity index is 1.87. The van der Waals surface area contributed by atoms with E-state index in [0.717, 1.165) is 17.5 Å². The smallest absolute Gasteiger partial charge is 0.0509 e. The van der Waals surface area contributed by atoms with Gasteiger partial charge in [-0.05, 0) is 37.7 Å². The molecular weight excluding hydrogens is 232 g/mol. The maximum atomic E-state index is 6.02. The van der Waals surface area contributed by atoms with Crippen molar-refractivity contribution in [2.75, 3.05) is 18.0 Å².